The monoisotopic (exact) mass is 346 g/mol. The van der Waals surface area contributed by atoms with Gasteiger partial charge in [0.25, 0.3) is 6.01 Å². The standard InChI is InChI=1S/C19H18N6O/c1-13-21-17-14(5-4-8-20-17)18(22-13)24-9-11-25(12-10-24)19-23-15-6-2-3-7-16(15)26-19/h2-8H,9-12H2,1H3. The number of pyridine rings is 1. The lowest BCUT2D eigenvalue weighted by atomic mass is 10.2. The lowest BCUT2D eigenvalue weighted by Crippen LogP contribution is -2.47. The molecule has 0 atom stereocenters. The van der Waals surface area contributed by atoms with Gasteiger partial charge >= 0.3 is 0 Å². The minimum atomic E-state index is 0.691. The highest BCUT2D eigenvalue weighted by Crippen LogP contribution is 2.26. The summed E-state index contributed by atoms with van der Waals surface area (Å²) in [6.07, 6.45) is 1.77. The Balaban J connectivity index is 1.40. The van der Waals surface area contributed by atoms with Crippen LogP contribution in [0.15, 0.2) is 47.0 Å². The fourth-order valence-electron chi connectivity index (χ4n) is 3.40. The second-order valence-electron chi connectivity index (χ2n) is 6.41. The van der Waals surface area contributed by atoms with E-state index in [0.29, 0.717) is 6.01 Å². The molecule has 7 nitrogen and oxygen atoms in total. The molecule has 0 aliphatic carbocycles. The predicted octanol–water partition coefficient (Wildman–Crippen LogP) is 2.80. The number of para-hydroxylation sites is 2. The molecule has 1 fully saturated rings. The first-order valence-corrected chi connectivity index (χ1v) is 8.73. The Morgan fingerprint density at radius 3 is 2.54 bits per heavy atom. The molecule has 1 saturated heterocycles. The van der Waals surface area contributed by atoms with Gasteiger partial charge in [-0.1, -0.05) is 12.1 Å². The number of anilines is 2. The van der Waals surface area contributed by atoms with Gasteiger partial charge in [0.15, 0.2) is 11.2 Å². The van der Waals surface area contributed by atoms with Crippen LogP contribution in [0.4, 0.5) is 11.8 Å². The van der Waals surface area contributed by atoms with E-state index >= 15 is 0 Å². The number of aromatic nitrogens is 4. The van der Waals surface area contributed by atoms with Gasteiger partial charge in [-0.3, -0.25) is 0 Å². The van der Waals surface area contributed by atoms with Crippen LogP contribution in [0, 0.1) is 6.92 Å². The van der Waals surface area contributed by atoms with E-state index in [1.807, 2.05) is 43.3 Å². The number of aryl methyl sites for hydroxylation is 1. The Morgan fingerprint density at radius 2 is 1.69 bits per heavy atom. The van der Waals surface area contributed by atoms with Gasteiger partial charge in [-0.05, 0) is 31.2 Å². The molecule has 1 aromatic carbocycles. The maximum Gasteiger partial charge on any atom is 0.298 e. The predicted molar refractivity (Wildman–Crippen MR) is 101 cm³/mol. The van der Waals surface area contributed by atoms with Crippen molar-refractivity contribution in [2.24, 2.45) is 0 Å². The molecule has 0 unspecified atom stereocenters. The van der Waals surface area contributed by atoms with Crippen molar-refractivity contribution in [3.63, 3.8) is 0 Å². The van der Waals surface area contributed by atoms with Gasteiger partial charge in [0.2, 0.25) is 0 Å². The summed E-state index contributed by atoms with van der Waals surface area (Å²) >= 11 is 0. The average Bonchev–Trinajstić information content (AvgIpc) is 3.12. The summed E-state index contributed by atoms with van der Waals surface area (Å²) in [5.74, 6) is 1.70. The molecule has 1 aliphatic rings. The smallest absolute Gasteiger partial charge is 0.298 e. The van der Waals surface area contributed by atoms with Gasteiger partial charge in [-0.2, -0.15) is 4.98 Å². The molecular weight excluding hydrogens is 328 g/mol. The molecule has 0 bridgehead atoms. The zero-order chi connectivity index (χ0) is 17.5. The molecule has 1 aliphatic heterocycles. The van der Waals surface area contributed by atoms with Crippen LogP contribution < -0.4 is 9.80 Å². The van der Waals surface area contributed by atoms with Crippen LogP contribution in [0.1, 0.15) is 5.82 Å². The third-order valence-corrected chi connectivity index (χ3v) is 4.70. The first-order chi connectivity index (χ1) is 12.8. The number of fused-ring (bicyclic) bond motifs is 2. The highest BCUT2D eigenvalue weighted by Gasteiger charge is 2.23. The third-order valence-electron chi connectivity index (χ3n) is 4.70. The van der Waals surface area contributed by atoms with Crippen molar-refractivity contribution in [3.8, 4) is 0 Å². The third kappa shape index (κ3) is 2.52. The first-order valence-electron chi connectivity index (χ1n) is 8.73. The van der Waals surface area contributed by atoms with Gasteiger partial charge in [-0.15, -0.1) is 0 Å². The molecule has 0 N–H and O–H groups in total. The van der Waals surface area contributed by atoms with E-state index < -0.39 is 0 Å². The molecule has 5 rings (SSSR count). The van der Waals surface area contributed by atoms with Crippen molar-refractivity contribution < 1.29 is 4.42 Å². The molecule has 3 aromatic heterocycles. The van der Waals surface area contributed by atoms with Crippen LogP contribution in [0.3, 0.4) is 0 Å². The molecule has 26 heavy (non-hydrogen) atoms. The maximum atomic E-state index is 5.90. The van der Waals surface area contributed by atoms with Gasteiger partial charge < -0.3 is 14.2 Å². The SMILES string of the molecule is Cc1nc(N2CCN(c3nc4ccccc4o3)CC2)c2cccnc2n1. The molecule has 0 amide bonds. The van der Waals surface area contributed by atoms with E-state index in [9.17, 15) is 0 Å². The van der Waals surface area contributed by atoms with Crippen molar-refractivity contribution in [1.29, 1.82) is 0 Å². The molecule has 4 aromatic rings. The number of piperazine rings is 1. The first kappa shape index (κ1) is 15.1. The Labute approximate surface area is 150 Å². The summed E-state index contributed by atoms with van der Waals surface area (Å²) < 4.78 is 5.90. The number of hydrogen-bond acceptors (Lipinski definition) is 7. The molecular formula is C19H18N6O. The van der Waals surface area contributed by atoms with Gasteiger partial charge in [-0.25, -0.2) is 15.0 Å². The molecule has 0 radical (unpaired) electrons. The van der Waals surface area contributed by atoms with E-state index in [-0.39, 0.29) is 0 Å². The second kappa shape index (κ2) is 5.94. The number of rotatable bonds is 2. The minimum absolute atomic E-state index is 0.691. The lowest BCUT2D eigenvalue weighted by molar-refractivity contribution is 0.541. The Bertz CT molecular complexity index is 1050. The summed E-state index contributed by atoms with van der Waals surface area (Å²) in [5, 5.41) is 0.994. The number of oxazole rings is 1. The number of benzene rings is 1. The highest BCUT2D eigenvalue weighted by atomic mass is 16.4. The summed E-state index contributed by atoms with van der Waals surface area (Å²) in [6, 6.07) is 12.5. The Kier molecular flexibility index (Phi) is 3.44. The molecule has 130 valence electrons. The summed E-state index contributed by atoms with van der Waals surface area (Å²) in [6.45, 7) is 5.26. The maximum absolute atomic E-state index is 5.90. The normalized spacial score (nSPS) is 15.1. The zero-order valence-electron chi connectivity index (χ0n) is 14.5. The van der Waals surface area contributed by atoms with Crippen LogP contribution in [-0.4, -0.2) is 46.1 Å². The fraction of sp³-hybridized carbons (Fsp3) is 0.263. The van der Waals surface area contributed by atoms with Crippen molar-refractivity contribution in [2.75, 3.05) is 36.0 Å². The Morgan fingerprint density at radius 1 is 0.885 bits per heavy atom. The zero-order valence-corrected chi connectivity index (χ0v) is 14.5. The summed E-state index contributed by atoms with van der Waals surface area (Å²) in [5.41, 5.74) is 2.47. The molecule has 0 saturated carbocycles. The van der Waals surface area contributed by atoms with E-state index in [4.69, 9.17) is 4.42 Å². The summed E-state index contributed by atoms with van der Waals surface area (Å²) in [4.78, 5) is 22.6. The van der Waals surface area contributed by atoms with Crippen LogP contribution >= 0.6 is 0 Å². The molecule has 0 spiro atoms. The second-order valence-corrected chi connectivity index (χ2v) is 6.41. The van der Waals surface area contributed by atoms with Gasteiger partial charge in [0.05, 0.1) is 5.39 Å². The fourth-order valence-corrected chi connectivity index (χ4v) is 3.40. The van der Waals surface area contributed by atoms with Crippen LogP contribution in [-0.2, 0) is 0 Å². The van der Waals surface area contributed by atoms with Crippen LogP contribution in [0.25, 0.3) is 22.1 Å². The highest BCUT2D eigenvalue weighted by molar-refractivity contribution is 5.87. The van der Waals surface area contributed by atoms with Crippen molar-refractivity contribution in [3.05, 3.63) is 48.4 Å². The van der Waals surface area contributed by atoms with Gasteiger partial charge in [0, 0.05) is 32.4 Å². The molecule has 7 heteroatoms. The number of nitrogens with zero attached hydrogens (tertiary/aromatic N) is 6. The van der Waals surface area contributed by atoms with E-state index in [2.05, 4.69) is 29.7 Å². The average molecular weight is 346 g/mol. The van der Waals surface area contributed by atoms with Crippen molar-refractivity contribution >= 4 is 34.0 Å². The summed E-state index contributed by atoms with van der Waals surface area (Å²) in [7, 11) is 0. The number of hydrogen-bond donors (Lipinski definition) is 0. The van der Waals surface area contributed by atoms with Crippen molar-refractivity contribution in [1.82, 2.24) is 19.9 Å². The largest absolute Gasteiger partial charge is 0.423 e. The quantitative estimate of drug-likeness (QED) is 0.553. The van der Waals surface area contributed by atoms with Crippen LogP contribution in [0.2, 0.25) is 0 Å². The minimum Gasteiger partial charge on any atom is -0.423 e. The topological polar surface area (TPSA) is 71.2 Å². The van der Waals surface area contributed by atoms with E-state index in [0.717, 1.165) is 60.0 Å². The lowest BCUT2D eigenvalue weighted by Gasteiger charge is -2.35. The van der Waals surface area contributed by atoms with E-state index in [1.165, 1.54) is 0 Å². The van der Waals surface area contributed by atoms with Gasteiger partial charge in [0.1, 0.15) is 17.2 Å². The van der Waals surface area contributed by atoms with Crippen LogP contribution in [0.5, 0.6) is 0 Å². The van der Waals surface area contributed by atoms with Crippen molar-refractivity contribution in [2.45, 2.75) is 6.92 Å². The Hall–Kier alpha value is -3.22. The van der Waals surface area contributed by atoms with E-state index in [1.54, 1.807) is 6.20 Å². The molecule has 4 heterocycles.